The third-order valence-electron chi connectivity index (χ3n) is 7.00. The van der Waals surface area contributed by atoms with Crippen LogP contribution in [0, 0.1) is 0 Å². The van der Waals surface area contributed by atoms with Gasteiger partial charge in [-0.2, -0.15) is 0 Å². The summed E-state index contributed by atoms with van der Waals surface area (Å²) in [7, 11) is 0. The molecule has 7 aromatic rings. The highest BCUT2D eigenvalue weighted by Gasteiger charge is 2.23. The molecule has 7 rings (SSSR count). The van der Waals surface area contributed by atoms with E-state index in [1.165, 1.54) is 54.4 Å². The number of fused-ring (bicyclic) bond motifs is 7. The number of pyridine rings is 1. The maximum Gasteiger partial charge on any atom is 0.0645 e. The van der Waals surface area contributed by atoms with Gasteiger partial charge in [0.1, 0.15) is 0 Å². The number of hydrogen-bond donors (Lipinski definition) is 0. The average molecular weight is 440 g/mol. The number of nitrogens with zero attached hydrogens (tertiary/aromatic N) is 3. The van der Waals surface area contributed by atoms with E-state index < -0.39 is 0 Å². The summed E-state index contributed by atoms with van der Waals surface area (Å²) in [6.45, 7) is 6.85. The van der Waals surface area contributed by atoms with Crippen LogP contribution in [0.5, 0.6) is 0 Å². The molecule has 0 amide bonds. The first-order chi connectivity index (χ1) is 16.5. The highest BCUT2D eigenvalue weighted by molar-refractivity contribution is 6.20. The minimum Gasteiger partial charge on any atom is -0.335 e. The van der Waals surface area contributed by atoms with E-state index in [4.69, 9.17) is 0 Å². The Labute approximate surface area is 197 Å². The van der Waals surface area contributed by atoms with Crippen LogP contribution in [0.3, 0.4) is 0 Å². The molecule has 0 bridgehead atoms. The first-order valence-corrected chi connectivity index (χ1v) is 11.8. The molecule has 34 heavy (non-hydrogen) atoms. The van der Waals surface area contributed by atoms with Crippen molar-refractivity contribution < 1.29 is 0 Å². The topological polar surface area (TPSA) is 22.8 Å². The van der Waals surface area contributed by atoms with Crippen LogP contribution in [0.1, 0.15) is 20.8 Å². The molecule has 3 heterocycles. The molecule has 0 aliphatic carbocycles. The molecule has 0 unspecified atom stereocenters. The third-order valence-corrected chi connectivity index (χ3v) is 7.00. The van der Waals surface area contributed by atoms with Gasteiger partial charge in [-0.1, -0.05) is 42.5 Å². The molecular weight excluding hydrogens is 414 g/mol. The zero-order valence-corrected chi connectivity index (χ0v) is 19.6. The summed E-state index contributed by atoms with van der Waals surface area (Å²) in [5, 5.41) is 7.66. The summed E-state index contributed by atoms with van der Waals surface area (Å²) in [5.41, 5.74) is 5.99. The largest absolute Gasteiger partial charge is 0.335 e. The fourth-order valence-electron chi connectivity index (χ4n) is 5.65. The van der Waals surface area contributed by atoms with E-state index >= 15 is 0 Å². The van der Waals surface area contributed by atoms with Gasteiger partial charge >= 0.3 is 0 Å². The molecule has 0 aliphatic heterocycles. The number of benzene rings is 4. The van der Waals surface area contributed by atoms with Crippen molar-refractivity contribution in [2.24, 2.45) is 0 Å². The Balaban J connectivity index is 1.74. The molecule has 0 fully saturated rings. The molecule has 0 saturated carbocycles. The van der Waals surface area contributed by atoms with Crippen LogP contribution in [-0.4, -0.2) is 14.1 Å². The van der Waals surface area contributed by atoms with E-state index in [1.54, 1.807) is 0 Å². The highest BCUT2D eigenvalue weighted by Crippen LogP contribution is 2.41. The van der Waals surface area contributed by atoms with Gasteiger partial charge in [0.2, 0.25) is 0 Å². The van der Waals surface area contributed by atoms with Gasteiger partial charge in [-0.3, -0.25) is 4.98 Å². The van der Waals surface area contributed by atoms with E-state index in [0.29, 0.717) is 0 Å². The lowest BCUT2D eigenvalue weighted by molar-refractivity contribution is 0.423. The maximum absolute atomic E-state index is 4.44. The Morgan fingerprint density at radius 1 is 0.588 bits per heavy atom. The summed E-state index contributed by atoms with van der Waals surface area (Å²) < 4.78 is 4.85. The van der Waals surface area contributed by atoms with Crippen LogP contribution < -0.4 is 0 Å². The van der Waals surface area contributed by atoms with Crippen molar-refractivity contribution in [3.63, 3.8) is 0 Å². The van der Waals surface area contributed by atoms with Crippen LogP contribution in [-0.2, 0) is 5.54 Å². The SMILES string of the molecule is CC(C)(C)n1c2ccccc2c2cc3c4cc5ccccc5cc4n(-c4cccnc4)c3cc21. The smallest absolute Gasteiger partial charge is 0.0645 e. The van der Waals surface area contributed by atoms with Crippen LogP contribution in [0.2, 0.25) is 0 Å². The van der Waals surface area contributed by atoms with Crippen LogP contribution in [0.4, 0.5) is 0 Å². The molecule has 3 nitrogen and oxygen atoms in total. The molecule has 3 heteroatoms. The summed E-state index contributed by atoms with van der Waals surface area (Å²) in [5.74, 6) is 0. The van der Waals surface area contributed by atoms with Crippen molar-refractivity contribution in [2.45, 2.75) is 26.3 Å². The molecule has 164 valence electrons. The lowest BCUT2D eigenvalue weighted by Crippen LogP contribution is -2.21. The van der Waals surface area contributed by atoms with E-state index in [0.717, 1.165) is 5.69 Å². The Morgan fingerprint density at radius 2 is 1.26 bits per heavy atom. The Hall–Kier alpha value is -4.11. The van der Waals surface area contributed by atoms with Gasteiger partial charge in [-0.15, -0.1) is 0 Å². The van der Waals surface area contributed by atoms with Gasteiger partial charge in [-0.05, 0) is 74.0 Å². The predicted molar refractivity (Wildman–Crippen MR) is 144 cm³/mol. The number of aromatic nitrogens is 3. The van der Waals surface area contributed by atoms with Gasteiger partial charge in [0.05, 0.1) is 28.4 Å². The lowest BCUT2D eigenvalue weighted by atomic mass is 10.0. The van der Waals surface area contributed by atoms with Crippen molar-refractivity contribution in [1.29, 1.82) is 0 Å². The standard InChI is InChI=1S/C31H25N3/c1-31(2,3)34-27-13-7-6-12-23(27)25-17-26-24-15-20-9-4-5-10-21(20)16-28(24)33(29(26)18-30(25)34)22-11-8-14-32-19-22/h4-19H,1-3H3. The van der Waals surface area contributed by atoms with Crippen LogP contribution >= 0.6 is 0 Å². The summed E-state index contributed by atoms with van der Waals surface area (Å²) in [6, 6.07) is 31.0. The van der Waals surface area contributed by atoms with E-state index in [9.17, 15) is 0 Å². The molecule has 3 aromatic heterocycles. The van der Waals surface area contributed by atoms with E-state index in [1.807, 2.05) is 18.5 Å². The molecule has 0 spiro atoms. The van der Waals surface area contributed by atoms with Crippen LogP contribution in [0.15, 0.2) is 97.3 Å². The number of para-hydroxylation sites is 1. The van der Waals surface area contributed by atoms with Crippen molar-refractivity contribution in [1.82, 2.24) is 14.1 Å². The fourth-order valence-corrected chi connectivity index (χ4v) is 5.65. The third kappa shape index (κ3) is 2.61. The molecule has 4 aromatic carbocycles. The Kier molecular flexibility index (Phi) is 3.82. The van der Waals surface area contributed by atoms with E-state index in [-0.39, 0.29) is 5.54 Å². The second kappa shape index (κ2) is 6.71. The van der Waals surface area contributed by atoms with Gasteiger partial charge in [-0.25, -0.2) is 0 Å². The van der Waals surface area contributed by atoms with Crippen LogP contribution in [0.25, 0.3) is 60.1 Å². The molecule has 0 atom stereocenters. The normalized spacial score (nSPS) is 12.6. The summed E-state index contributed by atoms with van der Waals surface area (Å²) >= 11 is 0. The zero-order valence-electron chi connectivity index (χ0n) is 19.6. The Bertz CT molecular complexity index is 1880. The van der Waals surface area contributed by atoms with E-state index in [2.05, 4.69) is 114 Å². The quantitative estimate of drug-likeness (QED) is 0.253. The van der Waals surface area contributed by atoms with Crippen molar-refractivity contribution in [3.8, 4) is 5.69 Å². The molecule has 0 aliphatic rings. The predicted octanol–water partition coefficient (Wildman–Crippen LogP) is 8.19. The van der Waals surface area contributed by atoms with Crippen molar-refractivity contribution in [3.05, 3.63) is 97.3 Å². The molecular formula is C31H25N3. The lowest BCUT2D eigenvalue weighted by Gasteiger charge is -2.24. The van der Waals surface area contributed by atoms with Crippen molar-refractivity contribution in [2.75, 3.05) is 0 Å². The summed E-state index contributed by atoms with van der Waals surface area (Å²) in [6.07, 6.45) is 3.79. The fraction of sp³-hybridized carbons (Fsp3) is 0.129. The second-order valence-corrected chi connectivity index (χ2v) is 10.2. The zero-order chi connectivity index (χ0) is 23.0. The second-order valence-electron chi connectivity index (χ2n) is 10.2. The molecule has 0 saturated heterocycles. The molecule has 0 radical (unpaired) electrons. The maximum atomic E-state index is 4.44. The summed E-state index contributed by atoms with van der Waals surface area (Å²) in [4.78, 5) is 4.44. The first kappa shape index (κ1) is 19.4. The number of hydrogen-bond acceptors (Lipinski definition) is 1. The van der Waals surface area contributed by atoms with Crippen molar-refractivity contribution >= 4 is 54.4 Å². The van der Waals surface area contributed by atoms with Gasteiger partial charge < -0.3 is 9.13 Å². The van der Waals surface area contributed by atoms with Gasteiger partial charge in [0, 0.05) is 38.8 Å². The minimum atomic E-state index is -0.0468. The Morgan fingerprint density at radius 3 is 2.03 bits per heavy atom. The molecule has 0 N–H and O–H groups in total. The minimum absolute atomic E-state index is 0.0468. The average Bonchev–Trinajstić information content (AvgIpc) is 3.33. The number of rotatable bonds is 1. The monoisotopic (exact) mass is 439 g/mol. The first-order valence-electron chi connectivity index (χ1n) is 11.8. The van der Waals surface area contributed by atoms with Gasteiger partial charge in [0.15, 0.2) is 0 Å². The van der Waals surface area contributed by atoms with Gasteiger partial charge in [0.25, 0.3) is 0 Å². The highest BCUT2D eigenvalue weighted by atomic mass is 15.1.